The molecule has 1 fully saturated rings. The number of aryl methyl sites for hydroxylation is 1. The maximum absolute atomic E-state index is 12.8. The molecule has 0 unspecified atom stereocenters. The van der Waals surface area contributed by atoms with Crippen molar-refractivity contribution in [3.63, 3.8) is 0 Å². The third-order valence-corrected chi connectivity index (χ3v) is 4.17. The summed E-state index contributed by atoms with van der Waals surface area (Å²) in [6.07, 6.45) is 0.912. The van der Waals surface area contributed by atoms with Crippen LogP contribution in [0, 0.1) is 0 Å². The highest BCUT2D eigenvalue weighted by atomic mass is 16.5. The van der Waals surface area contributed by atoms with Crippen LogP contribution in [0.5, 0.6) is 5.75 Å². The first-order valence-electron chi connectivity index (χ1n) is 7.99. The van der Waals surface area contributed by atoms with Gasteiger partial charge in [-0.15, -0.1) is 0 Å². The van der Waals surface area contributed by atoms with Gasteiger partial charge in [-0.1, -0.05) is 31.2 Å². The summed E-state index contributed by atoms with van der Waals surface area (Å²) in [6.45, 7) is 2.01. The number of para-hydroxylation sites is 1. The van der Waals surface area contributed by atoms with Gasteiger partial charge < -0.3 is 10.1 Å². The van der Waals surface area contributed by atoms with Gasteiger partial charge >= 0.3 is 0 Å². The van der Waals surface area contributed by atoms with E-state index in [2.05, 4.69) is 5.32 Å². The minimum Gasteiger partial charge on any atom is -0.497 e. The number of hydrogen-bond acceptors (Lipinski definition) is 4. The van der Waals surface area contributed by atoms with E-state index in [1.807, 2.05) is 49.4 Å². The van der Waals surface area contributed by atoms with E-state index < -0.39 is 6.04 Å². The lowest BCUT2D eigenvalue weighted by atomic mass is 10.1. The minimum atomic E-state index is -0.561. The molecule has 0 bridgehead atoms. The number of nitrogens with one attached hydrogen (secondary N) is 1. The second-order valence-corrected chi connectivity index (χ2v) is 5.68. The molecule has 1 aliphatic heterocycles. The van der Waals surface area contributed by atoms with Crippen molar-refractivity contribution in [2.75, 3.05) is 17.3 Å². The van der Waals surface area contributed by atoms with Gasteiger partial charge in [0.2, 0.25) is 5.91 Å². The Morgan fingerprint density at radius 2 is 1.96 bits per heavy atom. The van der Waals surface area contributed by atoms with E-state index >= 15 is 0 Å². The number of rotatable bonds is 5. The molecular weight excluding hydrogens is 304 g/mol. The lowest BCUT2D eigenvalue weighted by Crippen LogP contribution is -2.35. The van der Waals surface area contributed by atoms with Crippen LogP contribution in [0.3, 0.4) is 0 Å². The quantitative estimate of drug-likeness (QED) is 0.859. The molecule has 5 heteroatoms. The van der Waals surface area contributed by atoms with Gasteiger partial charge in [0.1, 0.15) is 11.8 Å². The fourth-order valence-electron chi connectivity index (χ4n) is 2.94. The topological polar surface area (TPSA) is 58.6 Å². The molecule has 0 spiro atoms. The number of nitrogens with zero attached hydrogens (tertiary/aromatic N) is 1. The lowest BCUT2D eigenvalue weighted by Gasteiger charge is -2.19. The van der Waals surface area contributed by atoms with Crippen LogP contribution >= 0.6 is 0 Å². The van der Waals surface area contributed by atoms with Crippen molar-refractivity contribution in [2.45, 2.75) is 25.8 Å². The van der Waals surface area contributed by atoms with Crippen molar-refractivity contribution in [3.8, 4) is 5.75 Å². The summed E-state index contributed by atoms with van der Waals surface area (Å²) in [5.74, 6) is 0.301. The van der Waals surface area contributed by atoms with Crippen molar-refractivity contribution >= 4 is 23.2 Å². The van der Waals surface area contributed by atoms with E-state index in [1.165, 1.54) is 4.90 Å². The van der Waals surface area contributed by atoms with Gasteiger partial charge in [-0.25, -0.2) is 4.90 Å². The molecule has 3 rings (SSSR count). The maximum atomic E-state index is 12.8. The molecule has 1 saturated heterocycles. The Kier molecular flexibility index (Phi) is 4.51. The number of hydrogen-bond donors (Lipinski definition) is 1. The summed E-state index contributed by atoms with van der Waals surface area (Å²) in [6, 6.07) is 14.3. The highest BCUT2D eigenvalue weighted by Crippen LogP contribution is 2.28. The number of amides is 2. The van der Waals surface area contributed by atoms with Crippen molar-refractivity contribution < 1.29 is 14.3 Å². The van der Waals surface area contributed by atoms with E-state index in [0.717, 1.165) is 17.7 Å². The molecule has 1 aliphatic rings. The van der Waals surface area contributed by atoms with E-state index in [9.17, 15) is 9.59 Å². The third kappa shape index (κ3) is 2.97. The Labute approximate surface area is 141 Å². The zero-order chi connectivity index (χ0) is 17.1. The first-order chi connectivity index (χ1) is 11.6. The molecule has 0 aromatic heterocycles. The normalized spacial score (nSPS) is 17.2. The predicted molar refractivity (Wildman–Crippen MR) is 93.3 cm³/mol. The van der Waals surface area contributed by atoms with Crippen LogP contribution in [0.2, 0.25) is 0 Å². The van der Waals surface area contributed by atoms with Gasteiger partial charge in [0.25, 0.3) is 5.91 Å². The van der Waals surface area contributed by atoms with E-state index in [-0.39, 0.29) is 18.2 Å². The fraction of sp³-hybridized carbons (Fsp3) is 0.263. The number of carbonyl (C=O) groups is 2. The summed E-state index contributed by atoms with van der Waals surface area (Å²) < 4.78 is 5.19. The molecule has 1 N–H and O–H groups in total. The van der Waals surface area contributed by atoms with Crippen LogP contribution in [0.15, 0.2) is 48.5 Å². The largest absolute Gasteiger partial charge is 0.497 e. The van der Waals surface area contributed by atoms with Crippen LogP contribution in [0.1, 0.15) is 18.9 Å². The molecule has 2 aromatic carbocycles. The molecule has 1 atom stereocenters. The zero-order valence-electron chi connectivity index (χ0n) is 13.8. The van der Waals surface area contributed by atoms with E-state index in [4.69, 9.17) is 4.74 Å². The molecule has 24 heavy (non-hydrogen) atoms. The summed E-state index contributed by atoms with van der Waals surface area (Å²) in [7, 11) is 1.59. The van der Waals surface area contributed by atoms with Crippen LogP contribution in [-0.4, -0.2) is 25.0 Å². The first-order valence-corrected chi connectivity index (χ1v) is 7.99. The summed E-state index contributed by atoms with van der Waals surface area (Å²) in [5.41, 5.74) is 2.43. The third-order valence-electron chi connectivity index (χ3n) is 4.17. The Morgan fingerprint density at radius 1 is 1.17 bits per heavy atom. The van der Waals surface area contributed by atoms with Crippen LogP contribution in [-0.2, 0) is 16.0 Å². The fourth-order valence-corrected chi connectivity index (χ4v) is 2.94. The van der Waals surface area contributed by atoms with Gasteiger partial charge in [-0.2, -0.15) is 0 Å². The van der Waals surface area contributed by atoms with Crippen molar-refractivity contribution in [3.05, 3.63) is 54.1 Å². The number of benzene rings is 2. The van der Waals surface area contributed by atoms with Crippen molar-refractivity contribution in [1.82, 2.24) is 0 Å². The predicted octanol–water partition coefficient (Wildman–Crippen LogP) is 3.00. The molecule has 2 amide bonds. The lowest BCUT2D eigenvalue weighted by molar-refractivity contribution is -0.121. The number of anilines is 2. The van der Waals surface area contributed by atoms with E-state index in [1.54, 1.807) is 13.2 Å². The maximum Gasteiger partial charge on any atom is 0.256 e. The monoisotopic (exact) mass is 324 g/mol. The second-order valence-electron chi connectivity index (χ2n) is 5.68. The standard InChI is InChI=1S/C19H20N2O3/c1-3-13-7-4-5-10-17(13)21-18(22)12-16(19(21)23)20-14-8-6-9-15(11-14)24-2/h4-11,16,20H,3,12H2,1-2H3/t16-/m0/s1. The van der Waals surface area contributed by atoms with Gasteiger partial charge in [0.05, 0.1) is 19.2 Å². The Hall–Kier alpha value is -2.82. The molecule has 2 aromatic rings. The minimum absolute atomic E-state index is 0.147. The summed E-state index contributed by atoms with van der Waals surface area (Å²) in [4.78, 5) is 26.5. The van der Waals surface area contributed by atoms with Gasteiger partial charge in [-0.3, -0.25) is 9.59 Å². The molecule has 0 radical (unpaired) electrons. The second kappa shape index (κ2) is 6.74. The number of carbonyl (C=O) groups excluding carboxylic acids is 2. The Balaban J connectivity index is 1.83. The summed E-state index contributed by atoms with van der Waals surface area (Å²) >= 11 is 0. The van der Waals surface area contributed by atoms with Crippen LogP contribution < -0.4 is 15.0 Å². The molecule has 124 valence electrons. The van der Waals surface area contributed by atoms with E-state index in [0.29, 0.717) is 11.4 Å². The van der Waals surface area contributed by atoms with Crippen molar-refractivity contribution in [1.29, 1.82) is 0 Å². The molecular formula is C19H20N2O3. The number of ether oxygens (including phenoxy) is 1. The number of imide groups is 1. The van der Waals surface area contributed by atoms with Gasteiger partial charge in [0, 0.05) is 11.8 Å². The highest BCUT2D eigenvalue weighted by molar-refractivity contribution is 6.23. The first kappa shape index (κ1) is 16.1. The average molecular weight is 324 g/mol. The molecule has 5 nitrogen and oxygen atoms in total. The smallest absolute Gasteiger partial charge is 0.256 e. The van der Waals surface area contributed by atoms with Crippen LogP contribution in [0.4, 0.5) is 11.4 Å². The summed E-state index contributed by atoms with van der Waals surface area (Å²) in [5, 5.41) is 3.14. The van der Waals surface area contributed by atoms with Crippen molar-refractivity contribution in [2.24, 2.45) is 0 Å². The van der Waals surface area contributed by atoms with Crippen LogP contribution in [0.25, 0.3) is 0 Å². The van der Waals surface area contributed by atoms with Gasteiger partial charge in [0.15, 0.2) is 0 Å². The average Bonchev–Trinajstić information content (AvgIpc) is 2.88. The Bertz CT molecular complexity index is 773. The number of methoxy groups -OCH3 is 1. The highest BCUT2D eigenvalue weighted by Gasteiger charge is 2.40. The molecule has 0 aliphatic carbocycles. The van der Waals surface area contributed by atoms with Gasteiger partial charge in [-0.05, 0) is 30.2 Å². The Morgan fingerprint density at radius 3 is 2.71 bits per heavy atom. The SMILES string of the molecule is CCc1ccccc1N1C(=O)C[C@H](Nc2cccc(OC)c2)C1=O. The molecule has 0 saturated carbocycles. The zero-order valence-corrected chi connectivity index (χ0v) is 13.8. The molecule has 1 heterocycles.